The first kappa shape index (κ1) is 27.8. The minimum absolute atomic E-state index is 0. The van der Waals surface area contributed by atoms with E-state index >= 15 is 0 Å². The zero-order chi connectivity index (χ0) is 22.4. The highest BCUT2D eigenvalue weighted by molar-refractivity contribution is 6.07. The Kier molecular flexibility index (Phi) is 8.62. The maximum absolute atomic E-state index is 11.7. The number of aromatic nitrogens is 2. The van der Waals surface area contributed by atoms with E-state index in [4.69, 9.17) is 11.5 Å². The van der Waals surface area contributed by atoms with E-state index in [0.717, 1.165) is 46.3 Å². The van der Waals surface area contributed by atoms with Crippen LogP contribution in [-0.4, -0.2) is 32.7 Å². The number of aromatic carboxylic acids is 1. The van der Waals surface area contributed by atoms with Gasteiger partial charge < -0.3 is 26.6 Å². The molecule has 0 saturated carbocycles. The van der Waals surface area contributed by atoms with Gasteiger partial charge in [0.2, 0.25) is 5.95 Å². The largest absolute Gasteiger partial charge is 0.506 e. The Bertz CT molecular complexity index is 1400. The highest BCUT2D eigenvalue weighted by Gasteiger charge is 2.22. The van der Waals surface area contributed by atoms with E-state index < -0.39 is 5.97 Å². The number of nitrogens with two attached hydrogens (primary N) is 2. The summed E-state index contributed by atoms with van der Waals surface area (Å²) in [4.78, 5) is 22.0. The van der Waals surface area contributed by atoms with Crippen LogP contribution in [0.2, 0.25) is 0 Å². The molecule has 0 radical (unpaired) electrons. The topological polar surface area (TPSA) is 139 Å². The number of halogens is 3. The molecule has 0 unspecified atom stereocenters. The second-order valence-electron chi connectivity index (χ2n) is 7.82. The molecule has 5 rings (SSSR count). The quantitative estimate of drug-likeness (QED) is 0.294. The summed E-state index contributed by atoms with van der Waals surface area (Å²) in [6.07, 6.45) is 2.50. The predicted octanol–water partition coefficient (Wildman–Crippen LogP) is 4.69. The van der Waals surface area contributed by atoms with Gasteiger partial charge in [-0.2, -0.15) is 4.98 Å². The van der Waals surface area contributed by atoms with Crippen LogP contribution in [0.4, 0.5) is 17.5 Å². The number of hydrogen-bond donors (Lipinski definition) is 4. The molecule has 4 aromatic rings. The van der Waals surface area contributed by atoms with E-state index in [0.29, 0.717) is 17.7 Å². The first-order valence-corrected chi connectivity index (χ1v) is 10.2. The Balaban J connectivity index is 0.00000144. The van der Waals surface area contributed by atoms with Crippen LogP contribution in [-0.2, 0) is 13.0 Å². The van der Waals surface area contributed by atoms with Crippen LogP contribution < -0.4 is 16.4 Å². The molecule has 3 aromatic carbocycles. The van der Waals surface area contributed by atoms with E-state index in [1.54, 1.807) is 24.4 Å². The van der Waals surface area contributed by atoms with Gasteiger partial charge in [0.1, 0.15) is 17.1 Å². The third-order valence-corrected chi connectivity index (χ3v) is 5.91. The van der Waals surface area contributed by atoms with E-state index in [-0.39, 0.29) is 54.5 Å². The highest BCUT2D eigenvalue weighted by atomic mass is 35.5. The number of benzene rings is 3. The standard InChI is InChI=1S/C24H21N5O3.3ClH/c25-22-15(11-27-24(26)28-22)12-29-8-7-14-9-13(5-6-20(14)29)18-10-19(23(31)32)21(30)17-4-2-1-3-16(17)18;;;/h1-6,9-11,30H,7-8,12H2,(H,31,32)(H4,25,26,27,28);3*1H. The molecule has 1 aliphatic heterocycles. The first-order valence-electron chi connectivity index (χ1n) is 10.2. The average molecular weight is 537 g/mol. The van der Waals surface area contributed by atoms with Crippen LogP contribution in [0.3, 0.4) is 0 Å². The van der Waals surface area contributed by atoms with E-state index in [2.05, 4.69) is 20.9 Å². The van der Waals surface area contributed by atoms with Crippen LogP contribution in [0.15, 0.2) is 54.7 Å². The van der Waals surface area contributed by atoms with Gasteiger partial charge in [-0.05, 0) is 46.7 Å². The van der Waals surface area contributed by atoms with Crippen molar-refractivity contribution in [3.63, 3.8) is 0 Å². The molecule has 0 amide bonds. The highest BCUT2D eigenvalue weighted by Crippen LogP contribution is 2.39. The molecule has 1 aromatic heterocycles. The number of hydrogen-bond acceptors (Lipinski definition) is 7. The van der Waals surface area contributed by atoms with Crippen molar-refractivity contribution in [2.75, 3.05) is 22.9 Å². The number of nitrogen functional groups attached to an aromatic ring is 2. The number of phenols is 1. The Morgan fingerprint density at radius 3 is 2.43 bits per heavy atom. The Morgan fingerprint density at radius 2 is 1.74 bits per heavy atom. The molecule has 0 bridgehead atoms. The average Bonchev–Trinajstić information content (AvgIpc) is 3.18. The molecule has 2 heterocycles. The second kappa shape index (κ2) is 10.9. The number of fused-ring (bicyclic) bond motifs is 2. The van der Waals surface area contributed by atoms with Crippen molar-refractivity contribution >= 4 is 71.4 Å². The predicted molar refractivity (Wildman–Crippen MR) is 145 cm³/mol. The molecule has 11 heteroatoms. The van der Waals surface area contributed by atoms with Crippen LogP contribution in [0.5, 0.6) is 5.75 Å². The molecule has 1 aliphatic rings. The summed E-state index contributed by atoms with van der Waals surface area (Å²) in [5, 5.41) is 21.3. The van der Waals surface area contributed by atoms with E-state index in [9.17, 15) is 15.0 Å². The number of carboxylic acid groups (broad SMARTS) is 1. The van der Waals surface area contributed by atoms with Crippen LogP contribution in [0.1, 0.15) is 21.5 Å². The fourth-order valence-electron chi connectivity index (χ4n) is 4.33. The third kappa shape index (κ3) is 5.00. The second-order valence-corrected chi connectivity index (χ2v) is 7.82. The molecule has 0 saturated heterocycles. The fourth-order valence-corrected chi connectivity index (χ4v) is 4.33. The van der Waals surface area contributed by atoms with Gasteiger partial charge in [-0.1, -0.05) is 30.3 Å². The third-order valence-electron chi connectivity index (χ3n) is 5.91. The molecule has 0 fully saturated rings. The van der Waals surface area contributed by atoms with Crippen LogP contribution >= 0.6 is 37.2 Å². The lowest BCUT2D eigenvalue weighted by Crippen LogP contribution is -2.21. The summed E-state index contributed by atoms with van der Waals surface area (Å²) < 4.78 is 0. The van der Waals surface area contributed by atoms with Gasteiger partial charge in [-0.3, -0.25) is 0 Å². The summed E-state index contributed by atoms with van der Waals surface area (Å²) in [5.41, 5.74) is 16.2. The maximum Gasteiger partial charge on any atom is 0.339 e. The molecule has 0 aliphatic carbocycles. The maximum atomic E-state index is 11.7. The minimum Gasteiger partial charge on any atom is -0.506 e. The number of anilines is 3. The van der Waals surface area contributed by atoms with Gasteiger partial charge >= 0.3 is 5.97 Å². The zero-order valence-electron chi connectivity index (χ0n) is 18.3. The lowest BCUT2D eigenvalue weighted by atomic mass is 9.93. The molecular formula is C24H24Cl3N5O3. The number of carboxylic acids is 1. The molecule has 35 heavy (non-hydrogen) atoms. The monoisotopic (exact) mass is 535 g/mol. The van der Waals surface area contributed by atoms with Crippen molar-refractivity contribution in [2.45, 2.75) is 13.0 Å². The molecule has 6 N–H and O–H groups in total. The number of aromatic hydroxyl groups is 1. The molecule has 8 nitrogen and oxygen atoms in total. The summed E-state index contributed by atoms with van der Waals surface area (Å²) in [6, 6.07) is 14.9. The lowest BCUT2D eigenvalue weighted by Gasteiger charge is -2.20. The van der Waals surface area contributed by atoms with Gasteiger partial charge in [0, 0.05) is 35.9 Å². The summed E-state index contributed by atoms with van der Waals surface area (Å²) in [6.45, 7) is 1.39. The summed E-state index contributed by atoms with van der Waals surface area (Å²) >= 11 is 0. The van der Waals surface area contributed by atoms with Gasteiger partial charge in [0.05, 0.1) is 0 Å². The zero-order valence-corrected chi connectivity index (χ0v) is 20.8. The van der Waals surface area contributed by atoms with Gasteiger partial charge in [0.25, 0.3) is 0 Å². The Labute approximate surface area is 220 Å². The van der Waals surface area contributed by atoms with Gasteiger partial charge in [-0.25, -0.2) is 9.78 Å². The smallest absolute Gasteiger partial charge is 0.339 e. The van der Waals surface area contributed by atoms with Crippen molar-refractivity contribution in [1.82, 2.24) is 9.97 Å². The summed E-state index contributed by atoms with van der Waals surface area (Å²) in [7, 11) is 0. The van der Waals surface area contributed by atoms with Crippen LogP contribution in [0, 0.1) is 0 Å². The van der Waals surface area contributed by atoms with E-state index in [1.807, 2.05) is 24.3 Å². The molecular weight excluding hydrogens is 513 g/mol. The first-order chi connectivity index (χ1) is 15.4. The van der Waals surface area contributed by atoms with Crippen molar-refractivity contribution < 1.29 is 15.0 Å². The Morgan fingerprint density at radius 1 is 1.03 bits per heavy atom. The minimum atomic E-state index is -1.16. The number of rotatable bonds is 4. The van der Waals surface area contributed by atoms with Crippen molar-refractivity contribution in [3.8, 4) is 16.9 Å². The van der Waals surface area contributed by atoms with Gasteiger partial charge in [-0.15, -0.1) is 37.2 Å². The van der Waals surface area contributed by atoms with Crippen molar-refractivity contribution in [2.24, 2.45) is 0 Å². The Hall–Kier alpha value is -3.46. The molecule has 0 atom stereocenters. The number of carbonyl (C=O) groups is 1. The number of nitrogens with zero attached hydrogens (tertiary/aromatic N) is 3. The lowest BCUT2D eigenvalue weighted by molar-refractivity contribution is 0.0694. The van der Waals surface area contributed by atoms with Crippen LogP contribution in [0.25, 0.3) is 21.9 Å². The van der Waals surface area contributed by atoms with Crippen molar-refractivity contribution in [1.29, 1.82) is 0 Å². The SMILES string of the molecule is Cl.Cl.Cl.Nc1ncc(CN2CCc3cc(-c4cc(C(=O)O)c(O)c5ccccc45)ccc32)c(N)n1. The molecule has 184 valence electrons. The fraction of sp³-hybridized carbons (Fsp3) is 0.125. The molecule has 0 spiro atoms. The van der Waals surface area contributed by atoms with Gasteiger partial charge in [0.15, 0.2) is 0 Å². The van der Waals surface area contributed by atoms with E-state index in [1.165, 1.54) is 0 Å². The summed E-state index contributed by atoms with van der Waals surface area (Å²) in [5.74, 6) is -0.850. The normalized spacial score (nSPS) is 11.7. The van der Waals surface area contributed by atoms with Crippen molar-refractivity contribution in [3.05, 3.63) is 71.4 Å².